The van der Waals surface area contributed by atoms with Gasteiger partial charge in [-0.15, -0.1) is 0 Å². The first-order valence-corrected chi connectivity index (χ1v) is 5.37. The Bertz CT molecular complexity index is 339. The van der Waals surface area contributed by atoms with Crippen LogP contribution in [0.1, 0.15) is 32.0 Å². The first-order valence-electron chi connectivity index (χ1n) is 5.37. The van der Waals surface area contributed by atoms with Crippen molar-refractivity contribution < 1.29 is 14.0 Å². The van der Waals surface area contributed by atoms with Crippen molar-refractivity contribution >= 4 is 0 Å². The molecule has 1 saturated heterocycles. The summed E-state index contributed by atoms with van der Waals surface area (Å²) in [6.45, 7) is 5.37. The molecular formula is C10H17N3O3. The fourth-order valence-electron chi connectivity index (χ4n) is 1.41. The molecule has 16 heavy (non-hydrogen) atoms. The fraction of sp³-hybridized carbons (Fsp3) is 0.800. The summed E-state index contributed by atoms with van der Waals surface area (Å²) in [6.07, 6.45) is 1.06. The SMILES string of the molecule is CC(C)(N)c1noc(COC2CCOC2)n1. The Balaban J connectivity index is 1.87. The molecule has 2 rings (SSSR count). The van der Waals surface area contributed by atoms with Crippen molar-refractivity contribution in [3.8, 4) is 0 Å². The Kier molecular flexibility index (Phi) is 3.22. The average molecular weight is 227 g/mol. The van der Waals surface area contributed by atoms with Crippen LogP contribution in [0, 0.1) is 0 Å². The summed E-state index contributed by atoms with van der Waals surface area (Å²) in [4.78, 5) is 4.17. The van der Waals surface area contributed by atoms with Crippen LogP contribution in [0.2, 0.25) is 0 Å². The van der Waals surface area contributed by atoms with Crippen molar-refractivity contribution in [2.45, 2.75) is 38.5 Å². The summed E-state index contributed by atoms with van der Waals surface area (Å²) in [5.74, 6) is 0.953. The number of aromatic nitrogens is 2. The van der Waals surface area contributed by atoms with E-state index in [2.05, 4.69) is 10.1 Å². The Hall–Kier alpha value is -0.980. The van der Waals surface area contributed by atoms with Crippen molar-refractivity contribution in [2.75, 3.05) is 13.2 Å². The van der Waals surface area contributed by atoms with E-state index < -0.39 is 5.54 Å². The molecule has 0 saturated carbocycles. The van der Waals surface area contributed by atoms with Gasteiger partial charge in [-0.1, -0.05) is 5.16 Å². The zero-order valence-electron chi connectivity index (χ0n) is 9.60. The Labute approximate surface area is 94.1 Å². The summed E-state index contributed by atoms with van der Waals surface area (Å²) in [5, 5.41) is 3.81. The second-order valence-electron chi connectivity index (χ2n) is 4.53. The Morgan fingerprint density at radius 3 is 2.94 bits per heavy atom. The first kappa shape index (κ1) is 11.5. The molecule has 1 aromatic heterocycles. The van der Waals surface area contributed by atoms with E-state index >= 15 is 0 Å². The summed E-state index contributed by atoms with van der Waals surface area (Å²) < 4.78 is 15.8. The highest BCUT2D eigenvalue weighted by molar-refractivity contribution is 4.98. The lowest BCUT2D eigenvalue weighted by molar-refractivity contribution is 0.0191. The van der Waals surface area contributed by atoms with Crippen molar-refractivity contribution in [2.24, 2.45) is 5.73 Å². The lowest BCUT2D eigenvalue weighted by atomic mass is 10.1. The molecule has 1 unspecified atom stereocenters. The van der Waals surface area contributed by atoms with Crippen molar-refractivity contribution in [3.05, 3.63) is 11.7 Å². The number of nitrogens with zero attached hydrogens (tertiary/aromatic N) is 2. The predicted octanol–water partition coefficient (Wildman–Crippen LogP) is 0.569. The molecule has 1 aliphatic heterocycles. The molecule has 0 aliphatic carbocycles. The van der Waals surface area contributed by atoms with Crippen LogP contribution in [-0.4, -0.2) is 29.5 Å². The number of hydrogen-bond donors (Lipinski definition) is 1. The molecule has 0 spiro atoms. The van der Waals surface area contributed by atoms with E-state index in [4.69, 9.17) is 19.7 Å². The molecule has 1 atom stereocenters. The summed E-state index contributed by atoms with van der Waals surface area (Å²) in [5.41, 5.74) is 5.26. The third-order valence-electron chi connectivity index (χ3n) is 2.37. The maximum atomic E-state index is 5.84. The molecule has 6 heteroatoms. The second kappa shape index (κ2) is 4.48. The number of hydrogen-bond acceptors (Lipinski definition) is 6. The normalized spacial score (nSPS) is 21.6. The number of nitrogens with two attached hydrogens (primary N) is 1. The van der Waals surface area contributed by atoms with E-state index in [0.29, 0.717) is 24.9 Å². The monoisotopic (exact) mass is 227 g/mol. The molecule has 6 nitrogen and oxygen atoms in total. The summed E-state index contributed by atoms with van der Waals surface area (Å²) in [6, 6.07) is 0. The molecule has 2 N–H and O–H groups in total. The highest BCUT2D eigenvalue weighted by Crippen LogP contribution is 2.14. The van der Waals surface area contributed by atoms with Crippen LogP contribution in [0.4, 0.5) is 0 Å². The predicted molar refractivity (Wildman–Crippen MR) is 55.5 cm³/mol. The topological polar surface area (TPSA) is 83.4 Å². The van der Waals surface area contributed by atoms with E-state index in [1.165, 1.54) is 0 Å². The van der Waals surface area contributed by atoms with Crippen molar-refractivity contribution in [1.82, 2.24) is 10.1 Å². The first-order chi connectivity index (χ1) is 7.55. The van der Waals surface area contributed by atoms with E-state index in [9.17, 15) is 0 Å². The zero-order valence-corrected chi connectivity index (χ0v) is 9.60. The van der Waals surface area contributed by atoms with Gasteiger partial charge >= 0.3 is 0 Å². The highest BCUT2D eigenvalue weighted by Gasteiger charge is 2.22. The van der Waals surface area contributed by atoms with Crippen LogP contribution in [0.5, 0.6) is 0 Å². The van der Waals surface area contributed by atoms with Gasteiger partial charge in [0.25, 0.3) is 5.89 Å². The van der Waals surface area contributed by atoms with Gasteiger partial charge in [-0.05, 0) is 20.3 Å². The van der Waals surface area contributed by atoms with Crippen LogP contribution < -0.4 is 5.73 Å². The van der Waals surface area contributed by atoms with Gasteiger partial charge in [-0.3, -0.25) is 0 Å². The van der Waals surface area contributed by atoms with Crippen molar-refractivity contribution in [1.29, 1.82) is 0 Å². The lowest BCUT2D eigenvalue weighted by Gasteiger charge is -2.11. The lowest BCUT2D eigenvalue weighted by Crippen LogP contribution is -2.30. The van der Waals surface area contributed by atoms with Crippen molar-refractivity contribution in [3.63, 3.8) is 0 Å². The van der Waals surface area contributed by atoms with E-state index in [1.54, 1.807) is 0 Å². The maximum Gasteiger partial charge on any atom is 0.252 e. The molecule has 2 heterocycles. The van der Waals surface area contributed by atoms with Gasteiger partial charge in [0.2, 0.25) is 0 Å². The minimum absolute atomic E-state index is 0.140. The molecule has 1 aromatic rings. The zero-order chi connectivity index (χ0) is 11.6. The van der Waals surface area contributed by atoms with Gasteiger partial charge in [-0.2, -0.15) is 4.98 Å². The van der Waals surface area contributed by atoms with Gasteiger partial charge in [0, 0.05) is 6.61 Å². The van der Waals surface area contributed by atoms with Gasteiger partial charge < -0.3 is 19.7 Å². The molecule has 1 aliphatic rings. The molecule has 1 fully saturated rings. The Morgan fingerprint density at radius 2 is 2.38 bits per heavy atom. The van der Waals surface area contributed by atoms with Gasteiger partial charge in [0.05, 0.1) is 18.2 Å². The quantitative estimate of drug-likeness (QED) is 0.809. The van der Waals surface area contributed by atoms with Gasteiger partial charge in [0.15, 0.2) is 5.82 Å². The van der Waals surface area contributed by atoms with Crippen LogP contribution in [0.3, 0.4) is 0 Å². The second-order valence-corrected chi connectivity index (χ2v) is 4.53. The molecule has 0 amide bonds. The van der Waals surface area contributed by atoms with Crippen LogP contribution >= 0.6 is 0 Å². The fourth-order valence-corrected chi connectivity index (χ4v) is 1.41. The molecule has 0 radical (unpaired) electrons. The highest BCUT2D eigenvalue weighted by atomic mass is 16.6. The van der Waals surface area contributed by atoms with Gasteiger partial charge in [0.1, 0.15) is 6.61 Å². The van der Waals surface area contributed by atoms with Crippen LogP contribution in [0.25, 0.3) is 0 Å². The molecule has 90 valence electrons. The standard InChI is InChI=1S/C10H17N3O3/c1-10(2,11)9-12-8(16-13-9)6-15-7-3-4-14-5-7/h7H,3-6,11H2,1-2H3. The van der Waals surface area contributed by atoms with E-state index in [1.807, 2.05) is 13.8 Å². The third-order valence-corrected chi connectivity index (χ3v) is 2.37. The van der Waals surface area contributed by atoms with E-state index in [0.717, 1.165) is 13.0 Å². The number of ether oxygens (including phenoxy) is 2. The average Bonchev–Trinajstić information content (AvgIpc) is 2.85. The largest absolute Gasteiger partial charge is 0.379 e. The molecule has 0 bridgehead atoms. The summed E-state index contributed by atoms with van der Waals surface area (Å²) >= 11 is 0. The number of rotatable bonds is 4. The third kappa shape index (κ3) is 2.78. The smallest absolute Gasteiger partial charge is 0.252 e. The molecule has 0 aromatic carbocycles. The minimum atomic E-state index is -0.585. The Morgan fingerprint density at radius 1 is 1.56 bits per heavy atom. The maximum absolute atomic E-state index is 5.84. The summed E-state index contributed by atoms with van der Waals surface area (Å²) in [7, 11) is 0. The van der Waals surface area contributed by atoms with Crippen LogP contribution in [-0.2, 0) is 21.6 Å². The van der Waals surface area contributed by atoms with Crippen LogP contribution in [0.15, 0.2) is 4.52 Å². The van der Waals surface area contributed by atoms with E-state index in [-0.39, 0.29) is 6.10 Å². The molecular weight excluding hydrogens is 210 g/mol. The van der Waals surface area contributed by atoms with Gasteiger partial charge in [-0.25, -0.2) is 0 Å². The minimum Gasteiger partial charge on any atom is -0.379 e.